The van der Waals surface area contributed by atoms with Crippen molar-refractivity contribution in [2.45, 2.75) is 77.0 Å². The van der Waals surface area contributed by atoms with Crippen LogP contribution in [0.3, 0.4) is 0 Å². The van der Waals surface area contributed by atoms with Gasteiger partial charge in [-0.05, 0) is 73.0 Å². The number of benzene rings is 1. The third-order valence-corrected chi connectivity index (χ3v) is 5.39. The number of rotatable bonds is 10. The third kappa shape index (κ3) is 4.81. The number of aryl methyl sites for hydroxylation is 1. The minimum atomic E-state index is 0.284. The normalized spacial score (nSPS) is 16.0. The highest BCUT2D eigenvalue weighted by Gasteiger charge is 2.37. The minimum Gasteiger partial charge on any atom is -0.396 e. The standard InChI is InChI=1S/C21H34O2/c1-17(2)15-18-7-8-19-9-12-21(20(19)16-18,10-3-5-13-22)11-4-6-14-23/h7-8,16-17,22-23H,3-6,9-15H2,1-2H3. The van der Waals surface area contributed by atoms with Crippen molar-refractivity contribution in [2.75, 3.05) is 13.2 Å². The summed E-state index contributed by atoms with van der Waals surface area (Å²) in [6, 6.07) is 7.14. The highest BCUT2D eigenvalue weighted by atomic mass is 16.3. The van der Waals surface area contributed by atoms with Gasteiger partial charge in [0.1, 0.15) is 0 Å². The molecule has 0 unspecified atom stereocenters. The summed E-state index contributed by atoms with van der Waals surface area (Å²) < 4.78 is 0. The van der Waals surface area contributed by atoms with Crippen molar-refractivity contribution < 1.29 is 10.2 Å². The molecule has 0 aromatic heterocycles. The second-order valence-electron chi connectivity index (χ2n) is 7.73. The van der Waals surface area contributed by atoms with Crippen LogP contribution in [-0.4, -0.2) is 23.4 Å². The van der Waals surface area contributed by atoms with E-state index in [0.29, 0.717) is 19.1 Å². The zero-order chi connectivity index (χ0) is 16.7. The highest BCUT2D eigenvalue weighted by Crippen LogP contribution is 2.46. The van der Waals surface area contributed by atoms with Gasteiger partial charge in [0.25, 0.3) is 0 Å². The molecule has 0 spiro atoms. The van der Waals surface area contributed by atoms with Gasteiger partial charge in [0.05, 0.1) is 0 Å². The van der Waals surface area contributed by atoms with Crippen LogP contribution in [0.1, 0.15) is 75.5 Å². The molecule has 1 aliphatic rings. The summed E-state index contributed by atoms with van der Waals surface area (Å²) in [7, 11) is 0. The van der Waals surface area contributed by atoms with Crippen LogP contribution in [0.25, 0.3) is 0 Å². The maximum Gasteiger partial charge on any atom is 0.0431 e. The Morgan fingerprint density at radius 2 is 1.65 bits per heavy atom. The molecule has 1 aromatic carbocycles. The average Bonchev–Trinajstić information content (AvgIpc) is 2.86. The predicted octanol–water partition coefficient (Wildman–Crippen LogP) is 4.39. The topological polar surface area (TPSA) is 40.5 Å². The summed E-state index contributed by atoms with van der Waals surface area (Å²) in [5, 5.41) is 18.3. The molecule has 23 heavy (non-hydrogen) atoms. The molecule has 0 saturated heterocycles. The van der Waals surface area contributed by atoms with Crippen LogP contribution in [0.4, 0.5) is 0 Å². The molecule has 0 amide bonds. The van der Waals surface area contributed by atoms with Gasteiger partial charge in [0.15, 0.2) is 0 Å². The summed E-state index contributed by atoms with van der Waals surface area (Å²) in [4.78, 5) is 0. The van der Waals surface area contributed by atoms with Gasteiger partial charge in [-0.15, -0.1) is 0 Å². The van der Waals surface area contributed by atoms with E-state index in [1.807, 2.05) is 0 Å². The summed E-state index contributed by atoms with van der Waals surface area (Å²) in [5.41, 5.74) is 4.86. The Morgan fingerprint density at radius 3 is 2.22 bits per heavy atom. The zero-order valence-corrected chi connectivity index (χ0v) is 15.0. The molecule has 0 atom stereocenters. The van der Waals surface area contributed by atoms with Crippen molar-refractivity contribution in [1.29, 1.82) is 0 Å². The lowest BCUT2D eigenvalue weighted by atomic mass is 9.73. The number of unbranched alkanes of at least 4 members (excludes halogenated alkanes) is 2. The van der Waals surface area contributed by atoms with E-state index in [1.54, 1.807) is 5.56 Å². The first-order chi connectivity index (χ1) is 11.1. The molecule has 2 nitrogen and oxygen atoms in total. The smallest absolute Gasteiger partial charge is 0.0431 e. The summed E-state index contributed by atoms with van der Waals surface area (Å²) in [6.07, 6.45) is 9.95. The molecule has 2 heteroatoms. The van der Waals surface area contributed by atoms with Crippen molar-refractivity contribution in [2.24, 2.45) is 5.92 Å². The Morgan fingerprint density at radius 1 is 1.00 bits per heavy atom. The molecule has 2 rings (SSSR count). The first kappa shape index (κ1) is 18.5. The van der Waals surface area contributed by atoms with Crippen molar-refractivity contribution in [1.82, 2.24) is 0 Å². The van der Waals surface area contributed by atoms with Crippen LogP contribution < -0.4 is 0 Å². The van der Waals surface area contributed by atoms with Gasteiger partial charge in [-0.1, -0.05) is 44.9 Å². The Hall–Kier alpha value is -0.860. The third-order valence-electron chi connectivity index (χ3n) is 5.39. The Bertz CT molecular complexity index is 469. The average molecular weight is 319 g/mol. The monoisotopic (exact) mass is 318 g/mol. The van der Waals surface area contributed by atoms with E-state index in [-0.39, 0.29) is 5.41 Å². The summed E-state index contributed by atoms with van der Waals surface area (Å²) in [5.74, 6) is 0.688. The molecule has 1 aliphatic carbocycles. The molecular weight excluding hydrogens is 284 g/mol. The van der Waals surface area contributed by atoms with Crippen molar-refractivity contribution in [3.8, 4) is 0 Å². The Kier molecular flexibility index (Phi) is 7.10. The van der Waals surface area contributed by atoms with E-state index in [2.05, 4.69) is 32.0 Å². The zero-order valence-electron chi connectivity index (χ0n) is 15.0. The van der Waals surface area contributed by atoms with Crippen LogP contribution >= 0.6 is 0 Å². The fourth-order valence-corrected chi connectivity index (χ4v) is 4.24. The maximum atomic E-state index is 9.14. The number of fused-ring (bicyclic) bond motifs is 1. The number of hydrogen-bond donors (Lipinski definition) is 2. The maximum absolute atomic E-state index is 9.14. The van der Waals surface area contributed by atoms with E-state index in [4.69, 9.17) is 10.2 Å². The van der Waals surface area contributed by atoms with Gasteiger partial charge in [0, 0.05) is 13.2 Å². The van der Waals surface area contributed by atoms with Crippen molar-refractivity contribution >= 4 is 0 Å². The predicted molar refractivity (Wildman–Crippen MR) is 96.9 cm³/mol. The van der Waals surface area contributed by atoms with Gasteiger partial charge in [-0.25, -0.2) is 0 Å². The number of aliphatic hydroxyl groups excluding tert-OH is 2. The molecule has 130 valence electrons. The van der Waals surface area contributed by atoms with Crippen LogP contribution in [0.15, 0.2) is 18.2 Å². The number of hydrogen-bond acceptors (Lipinski definition) is 2. The molecular formula is C21H34O2. The van der Waals surface area contributed by atoms with E-state index < -0.39 is 0 Å². The van der Waals surface area contributed by atoms with E-state index in [0.717, 1.165) is 32.1 Å². The van der Waals surface area contributed by atoms with Crippen LogP contribution in [0.2, 0.25) is 0 Å². The van der Waals surface area contributed by atoms with E-state index in [1.165, 1.54) is 36.8 Å². The first-order valence-electron chi connectivity index (χ1n) is 9.45. The second kappa shape index (κ2) is 8.84. The molecule has 0 heterocycles. The minimum absolute atomic E-state index is 0.284. The van der Waals surface area contributed by atoms with Crippen LogP contribution in [0, 0.1) is 5.92 Å². The molecule has 0 fully saturated rings. The summed E-state index contributed by atoms with van der Waals surface area (Å²) in [6.45, 7) is 5.16. The van der Waals surface area contributed by atoms with Crippen LogP contribution in [-0.2, 0) is 18.3 Å². The molecule has 1 aromatic rings. The van der Waals surface area contributed by atoms with Gasteiger partial charge in [-0.3, -0.25) is 0 Å². The lowest BCUT2D eigenvalue weighted by Crippen LogP contribution is -2.23. The molecule has 2 N–H and O–H groups in total. The van der Waals surface area contributed by atoms with Gasteiger partial charge >= 0.3 is 0 Å². The highest BCUT2D eigenvalue weighted by molar-refractivity contribution is 5.42. The summed E-state index contributed by atoms with van der Waals surface area (Å²) >= 11 is 0. The quantitative estimate of drug-likeness (QED) is 0.628. The SMILES string of the molecule is CC(C)Cc1ccc2c(c1)C(CCCCO)(CCCCO)CC2. The van der Waals surface area contributed by atoms with Gasteiger partial charge in [-0.2, -0.15) is 0 Å². The first-order valence-corrected chi connectivity index (χ1v) is 9.45. The van der Waals surface area contributed by atoms with Crippen molar-refractivity contribution in [3.05, 3.63) is 34.9 Å². The lowest BCUT2D eigenvalue weighted by molar-refractivity contribution is 0.253. The van der Waals surface area contributed by atoms with Crippen molar-refractivity contribution in [3.63, 3.8) is 0 Å². The molecule has 0 radical (unpaired) electrons. The molecule has 0 saturated carbocycles. The van der Waals surface area contributed by atoms with E-state index in [9.17, 15) is 0 Å². The van der Waals surface area contributed by atoms with Crippen LogP contribution in [0.5, 0.6) is 0 Å². The molecule has 0 aliphatic heterocycles. The largest absolute Gasteiger partial charge is 0.396 e. The van der Waals surface area contributed by atoms with Gasteiger partial charge < -0.3 is 10.2 Å². The molecule has 0 bridgehead atoms. The number of aliphatic hydroxyl groups is 2. The van der Waals surface area contributed by atoms with E-state index >= 15 is 0 Å². The van der Waals surface area contributed by atoms with Gasteiger partial charge in [0.2, 0.25) is 0 Å². The Labute approximate surface area is 141 Å². The lowest BCUT2D eigenvalue weighted by Gasteiger charge is -2.31. The Balaban J connectivity index is 2.22. The second-order valence-corrected chi connectivity index (χ2v) is 7.73. The fraction of sp³-hybridized carbons (Fsp3) is 0.714. The fourth-order valence-electron chi connectivity index (χ4n) is 4.24.